The van der Waals surface area contributed by atoms with Gasteiger partial charge in [-0.05, 0) is 12.8 Å². The molecule has 2 unspecified atom stereocenters. The summed E-state index contributed by atoms with van der Waals surface area (Å²) in [4.78, 5) is 37.4. The van der Waals surface area contributed by atoms with Crippen LogP contribution >= 0.6 is 7.60 Å². The molecule has 0 radical (unpaired) electrons. The predicted octanol–water partition coefficient (Wildman–Crippen LogP) is 9.12. The lowest BCUT2D eigenvalue weighted by Gasteiger charge is -2.30. The zero-order chi connectivity index (χ0) is 33.7. The Morgan fingerprint density at radius 1 is 0.600 bits per heavy atom. The van der Waals surface area contributed by atoms with Gasteiger partial charge < -0.3 is 27.9 Å². The lowest BCUT2D eigenvalue weighted by atomic mass is 10.1. The number of nitrogens with zero attached hydrogens (tertiary/aromatic N) is 1. The Morgan fingerprint density at radius 2 is 0.978 bits per heavy atom. The van der Waals surface area contributed by atoms with Crippen LogP contribution < -0.4 is 4.89 Å². The maximum Gasteiger partial charge on any atom is 0.306 e. The Kier molecular flexibility index (Phi) is 28.6. The smallest absolute Gasteiger partial charge is 0.306 e. The second-order valence-electron chi connectivity index (χ2n) is 14.0. The van der Waals surface area contributed by atoms with Crippen molar-refractivity contribution in [2.24, 2.45) is 0 Å². The number of carbonyl (C=O) groups excluding carboxylic acids is 2. The first-order chi connectivity index (χ1) is 21.5. The summed E-state index contributed by atoms with van der Waals surface area (Å²) in [6.07, 6.45) is 25.8. The van der Waals surface area contributed by atoms with E-state index in [0.717, 1.165) is 38.5 Å². The highest BCUT2D eigenvalue weighted by Crippen LogP contribution is 2.37. The first kappa shape index (κ1) is 44.0. The largest absolute Gasteiger partial charge is 0.778 e. The SMILES string of the molecule is CCCCCCCCCCCCCC(=O)OCC(COP(=O)([O-])CC[N+](C)(C)C)OC(=O)CCCCCCCCCCCCC. The van der Waals surface area contributed by atoms with Gasteiger partial charge in [-0.1, -0.05) is 142 Å². The van der Waals surface area contributed by atoms with E-state index >= 15 is 0 Å². The average molecular weight is 662 g/mol. The van der Waals surface area contributed by atoms with Crippen LogP contribution in [0.3, 0.4) is 0 Å². The van der Waals surface area contributed by atoms with Crippen molar-refractivity contribution in [3.63, 3.8) is 0 Å². The summed E-state index contributed by atoms with van der Waals surface area (Å²) < 4.78 is 29.1. The molecular formula is C36H72NO7P. The molecule has 0 fully saturated rings. The van der Waals surface area contributed by atoms with Crippen LogP contribution in [0.5, 0.6) is 0 Å². The summed E-state index contributed by atoms with van der Waals surface area (Å²) in [6, 6.07) is 0. The van der Waals surface area contributed by atoms with Gasteiger partial charge >= 0.3 is 11.9 Å². The molecule has 0 aromatic rings. The quantitative estimate of drug-likeness (QED) is 0.0299. The van der Waals surface area contributed by atoms with Gasteiger partial charge in [0.05, 0.1) is 40.5 Å². The van der Waals surface area contributed by atoms with Crippen molar-refractivity contribution in [2.45, 2.75) is 174 Å². The standard InChI is InChI=1S/C36H72NO7P/c1-6-8-10-12-14-16-18-20-22-24-26-28-35(38)42-32-34(33-43-45(40,41)31-30-37(3,4)5)44-36(39)29-27-25-23-21-19-17-15-13-11-9-7-2/h34H,6-33H2,1-5H3. The first-order valence-corrected chi connectivity index (χ1v) is 20.3. The van der Waals surface area contributed by atoms with Crippen LogP contribution in [0.2, 0.25) is 0 Å². The summed E-state index contributed by atoms with van der Waals surface area (Å²) >= 11 is 0. The minimum absolute atomic E-state index is 0.117. The van der Waals surface area contributed by atoms with Crippen molar-refractivity contribution < 1.29 is 37.5 Å². The molecule has 45 heavy (non-hydrogen) atoms. The van der Waals surface area contributed by atoms with Crippen molar-refractivity contribution in [1.29, 1.82) is 0 Å². The Bertz CT molecular complexity index is 756. The molecule has 0 aliphatic rings. The van der Waals surface area contributed by atoms with Crippen LogP contribution in [0.15, 0.2) is 0 Å². The summed E-state index contributed by atoms with van der Waals surface area (Å²) in [7, 11) is 1.61. The molecule has 268 valence electrons. The average Bonchev–Trinajstić information content (AvgIpc) is 2.98. The number of hydrogen-bond donors (Lipinski definition) is 0. The highest BCUT2D eigenvalue weighted by molar-refractivity contribution is 7.51. The van der Waals surface area contributed by atoms with Crippen molar-refractivity contribution in [1.82, 2.24) is 0 Å². The van der Waals surface area contributed by atoms with Gasteiger partial charge in [-0.2, -0.15) is 0 Å². The highest BCUT2D eigenvalue weighted by Gasteiger charge is 2.22. The lowest BCUT2D eigenvalue weighted by molar-refractivity contribution is -0.868. The van der Waals surface area contributed by atoms with Gasteiger partial charge in [0.2, 0.25) is 0 Å². The van der Waals surface area contributed by atoms with Gasteiger partial charge in [0.15, 0.2) is 6.10 Å². The molecule has 9 heteroatoms. The summed E-state index contributed by atoms with van der Waals surface area (Å²) in [6.45, 7) is 4.33. The maximum atomic E-state index is 12.6. The number of hydrogen-bond acceptors (Lipinski definition) is 7. The van der Waals surface area contributed by atoms with E-state index in [9.17, 15) is 19.0 Å². The molecule has 0 aromatic heterocycles. The van der Waals surface area contributed by atoms with Crippen LogP contribution in [0.1, 0.15) is 168 Å². The number of rotatable bonds is 33. The van der Waals surface area contributed by atoms with Gasteiger partial charge in [-0.15, -0.1) is 0 Å². The third-order valence-corrected chi connectivity index (χ3v) is 9.49. The molecule has 0 aromatic carbocycles. The number of esters is 2. The lowest BCUT2D eigenvalue weighted by Crippen LogP contribution is -2.38. The van der Waals surface area contributed by atoms with Crippen LogP contribution in [0.25, 0.3) is 0 Å². The Labute approximate surface area is 277 Å². The number of ether oxygens (including phenoxy) is 2. The van der Waals surface area contributed by atoms with E-state index in [1.54, 1.807) is 0 Å². The molecule has 8 nitrogen and oxygen atoms in total. The molecule has 0 saturated carbocycles. The van der Waals surface area contributed by atoms with Crippen molar-refractivity contribution >= 4 is 19.5 Å². The van der Waals surface area contributed by atoms with E-state index in [2.05, 4.69) is 13.8 Å². The van der Waals surface area contributed by atoms with Crippen molar-refractivity contribution in [2.75, 3.05) is 47.1 Å². The van der Waals surface area contributed by atoms with Gasteiger partial charge in [-0.25, -0.2) is 0 Å². The summed E-state index contributed by atoms with van der Waals surface area (Å²) in [5.41, 5.74) is 0. The second kappa shape index (κ2) is 29.2. The fourth-order valence-corrected chi connectivity index (χ4v) is 6.54. The van der Waals surface area contributed by atoms with E-state index in [4.69, 9.17) is 14.0 Å². The number of quaternary nitrogens is 1. The van der Waals surface area contributed by atoms with E-state index in [0.29, 0.717) is 17.4 Å². The molecule has 0 spiro atoms. The third-order valence-electron chi connectivity index (χ3n) is 8.20. The topological polar surface area (TPSA) is 102 Å². The Balaban J connectivity index is 4.40. The number of carbonyl (C=O) groups is 2. The van der Waals surface area contributed by atoms with Gasteiger partial charge in [0, 0.05) is 12.8 Å². The minimum atomic E-state index is -4.12. The monoisotopic (exact) mass is 662 g/mol. The molecule has 0 aliphatic heterocycles. The van der Waals surface area contributed by atoms with Crippen LogP contribution in [0, 0.1) is 0 Å². The zero-order valence-corrected chi connectivity index (χ0v) is 31.0. The fraction of sp³-hybridized carbons (Fsp3) is 0.944. The van der Waals surface area contributed by atoms with Crippen LogP contribution in [-0.2, 0) is 28.2 Å². The number of unbranched alkanes of at least 4 members (excludes halogenated alkanes) is 20. The normalized spacial score (nSPS) is 13.8. The van der Waals surface area contributed by atoms with E-state index in [1.807, 2.05) is 21.1 Å². The molecular weight excluding hydrogens is 589 g/mol. The minimum Gasteiger partial charge on any atom is -0.778 e. The zero-order valence-electron chi connectivity index (χ0n) is 30.1. The first-order valence-electron chi connectivity index (χ1n) is 18.6. The van der Waals surface area contributed by atoms with E-state index in [1.165, 1.54) is 103 Å². The maximum absolute atomic E-state index is 12.6. The fourth-order valence-electron chi connectivity index (χ4n) is 5.17. The molecule has 0 amide bonds. The van der Waals surface area contributed by atoms with Gasteiger partial charge in [0.1, 0.15) is 14.2 Å². The van der Waals surface area contributed by atoms with E-state index < -0.39 is 19.7 Å². The van der Waals surface area contributed by atoms with Crippen LogP contribution in [-0.4, -0.2) is 69.6 Å². The van der Waals surface area contributed by atoms with Gasteiger partial charge in [0.25, 0.3) is 0 Å². The molecule has 2 atom stereocenters. The van der Waals surface area contributed by atoms with Gasteiger partial charge in [-0.3, -0.25) is 9.59 Å². The van der Waals surface area contributed by atoms with Crippen molar-refractivity contribution in [3.05, 3.63) is 0 Å². The second-order valence-corrected chi connectivity index (χ2v) is 15.9. The molecule has 0 rings (SSSR count). The van der Waals surface area contributed by atoms with Crippen LogP contribution in [0.4, 0.5) is 0 Å². The molecule has 0 saturated heterocycles. The highest BCUT2D eigenvalue weighted by atomic mass is 31.2. The molecule has 0 bridgehead atoms. The Hall–Kier alpha value is -0.950. The summed E-state index contributed by atoms with van der Waals surface area (Å²) in [5, 5.41) is 0. The Morgan fingerprint density at radius 3 is 1.38 bits per heavy atom. The molecule has 0 N–H and O–H groups in total. The van der Waals surface area contributed by atoms with Crippen molar-refractivity contribution in [3.8, 4) is 0 Å². The summed E-state index contributed by atoms with van der Waals surface area (Å²) in [5.74, 6) is -0.763. The third kappa shape index (κ3) is 32.8. The molecule has 0 aliphatic carbocycles. The predicted molar refractivity (Wildman–Crippen MR) is 184 cm³/mol. The van der Waals surface area contributed by atoms with E-state index in [-0.39, 0.29) is 31.8 Å². The molecule has 0 heterocycles.